The first-order valence-electron chi connectivity index (χ1n) is 6.12. The Balaban J connectivity index is 1.91. The molecule has 8 heteroatoms. The molecule has 0 spiro atoms. The number of alkyl halides is 2. The van der Waals surface area contributed by atoms with E-state index in [0.717, 1.165) is 0 Å². The van der Waals surface area contributed by atoms with E-state index in [9.17, 15) is 18.4 Å². The van der Waals surface area contributed by atoms with Gasteiger partial charge in [0.15, 0.2) is 0 Å². The standard InChI is InChI=1S/C14H11F2N3O3/c15-14(16)22-11-5-3-9(4-6-11)12(20)18-19-13(21)10-2-1-7-17-8-10/h1-8,14H,(H,18,20)(H,19,21). The molecule has 0 atom stereocenters. The molecule has 2 amide bonds. The summed E-state index contributed by atoms with van der Waals surface area (Å²) in [4.78, 5) is 27.2. The number of nitrogens with one attached hydrogen (secondary N) is 2. The quantitative estimate of drug-likeness (QED) is 0.843. The minimum Gasteiger partial charge on any atom is -0.435 e. The maximum absolute atomic E-state index is 12.0. The number of benzene rings is 1. The highest BCUT2D eigenvalue weighted by molar-refractivity contribution is 5.98. The van der Waals surface area contributed by atoms with Crippen LogP contribution in [0.1, 0.15) is 20.7 Å². The van der Waals surface area contributed by atoms with Crippen LogP contribution < -0.4 is 15.6 Å². The predicted molar refractivity (Wildman–Crippen MR) is 72.2 cm³/mol. The fourth-order valence-electron chi connectivity index (χ4n) is 1.54. The van der Waals surface area contributed by atoms with E-state index < -0.39 is 18.4 Å². The molecule has 2 N–H and O–H groups in total. The average molecular weight is 307 g/mol. The molecule has 22 heavy (non-hydrogen) atoms. The minimum atomic E-state index is -2.93. The third-order valence-electron chi connectivity index (χ3n) is 2.55. The van der Waals surface area contributed by atoms with Crippen LogP contribution >= 0.6 is 0 Å². The zero-order chi connectivity index (χ0) is 15.9. The van der Waals surface area contributed by atoms with Crippen LogP contribution in [0.5, 0.6) is 5.75 Å². The fraction of sp³-hybridized carbons (Fsp3) is 0.0714. The van der Waals surface area contributed by atoms with E-state index in [0.29, 0.717) is 0 Å². The van der Waals surface area contributed by atoms with E-state index in [1.807, 2.05) is 0 Å². The van der Waals surface area contributed by atoms with Gasteiger partial charge in [0.2, 0.25) is 0 Å². The SMILES string of the molecule is O=C(NNC(=O)c1cccnc1)c1ccc(OC(F)F)cc1. The van der Waals surface area contributed by atoms with Crippen molar-refractivity contribution in [2.24, 2.45) is 0 Å². The molecule has 0 unspecified atom stereocenters. The Morgan fingerprint density at radius 1 is 1.00 bits per heavy atom. The molecule has 0 bridgehead atoms. The first kappa shape index (κ1) is 15.4. The lowest BCUT2D eigenvalue weighted by Crippen LogP contribution is -2.41. The number of hydrogen-bond donors (Lipinski definition) is 2. The van der Waals surface area contributed by atoms with Gasteiger partial charge in [-0.25, -0.2) is 0 Å². The van der Waals surface area contributed by atoms with Crippen LogP contribution in [0.25, 0.3) is 0 Å². The number of ether oxygens (including phenoxy) is 1. The highest BCUT2D eigenvalue weighted by Gasteiger charge is 2.10. The lowest BCUT2D eigenvalue weighted by atomic mass is 10.2. The summed E-state index contributed by atoms with van der Waals surface area (Å²) in [6, 6.07) is 8.16. The highest BCUT2D eigenvalue weighted by atomic mass is 19.3. The summed E-state index contributed by atoms with van der Waals surface area (Å²) in [5.74, 6) is -1.19. The smallest absolute Gasteiger partial charge is 0.387 e. The van der Waals surface area contributed by atoms with Gasteiger partial charge in [0.05, 0.1) is 5.56 Å². The number of carbonyl (C=O) groups excluding carboxylic acids is 2. The largest absolute Gasteiger partial charge is 0.435 e. The van der Waals surface area contributed by atoms with Gasteiger partial charge in [0, 0.05) is 18.0 Å². The summed E-state index contributed by atoms with van der Waals surface area (Å²) >= 11 is 0. The Hall–Kier alpha value is -3.03. The topological polar surface area (TPSA) is 80.3 Å². The van der Waals surface area contributed by atoms with Crippen LogP contribution in [0, 0.1) is 0 Å². The van der Waals surface area contributed by atoms with Crippen LogP contribution in [0.15, 0.2) is 48.8 Å². The summed E-state index contributed by atoms with van der Waals surface area (Å²) in [7, 11) is 0. The van der Waals surface area contributed by atoms with Crippen molar-refractivity contribution >= 4 is 11.8 Å². The van der Waals surface area contributed by atoms with E-state index >= 15 is 0 Å². The van der Waals surface area contributed by atoms with Crippen molar-refractivity contribution in [2.75, 3.05) is 0 Å². The second kappa shape index (κ2) is 7.11. The molecule has 0 aliphatic rings. The van der Waals surface area contributed by atoms with Crippen molar-refractivity contribution in [1.29, 1.82) is 0 Å². The lowest BCUT2D eigenvalue weighted by molar-refractivity contribution is -0.0498. The Bertz CT molecular complexity index is 648. The highest BCUT2D eigenvalue weighted by Crippen LogP contribution is 2.14. The van der Waals surface area contributed by atoms with Gasteiger partial charge in [-0.15, -0.1) is 0 Å². The molecule has 1 aromatic carbocycles. The summed E-state index contributed by atoms with van der Waals surface area (Å²) in [6.07, 6.45) is 2.86. The number of pyridine rings is 1. The number of hydrogen-bond acceptors (Lipinski definition) is 4. The van der Waals surface area contributed by atoms with Crippen molar-refractivity contribution in [3.63, 3.8) is 0 Å². The monoisotopic (exact) mass is 307 g/mol. The molecule has 0 radical (unpaired) electrons. The summed E-state index contributed by atoms with van der Waals surface area (Å²) in [6.45, 7) is -2.93. The van der Waals surface area contributed by atoms with Crippen LogP contribution in [0.4, 0.5) is 8.78 Å². The molecule has 114 valence electrons. The van der Waals surface area contributed by atoms with Crippen molar-refractivity contribution in [1.82, 2.24) is 15.8 Å². The summed E-state index contributed by atoms with van der Waals surface area (Å²) < 4.78 is 28.2. The molecule has 0 aliphatic heterocycles. The van der Waals surface area contributed by atoms with Gasteiger partial charge >= 0.3 is 6.61 Å². The lowest BCUT2D eigenvalue weighted by Gasteiger charge is -2.08. The number of halogens is 2. The van der Waals surface area contributed by atoms with E-state index in [4.69, 9.17) is 0 Å². The molecule has 2 rings (SSSR count). The minimum absolute atomic E-state index is 0.0639. The fourth-order valence-corrected chi connectivity index (χ4v) is 1.54. The van der Waals surface area contributed by atoms with Gasteiger partial charge in [-0.2, -0.15) is 8.78 Å². The third kappa shape index (κ3) is 4.23. The van der Waals surface area contributed by atoms with Crippen LogP contribution in [0.3, 0.4) is 0 Å². The molecule has 0 saturated carbocycles. The van der Waals surface area contributed by atoms with Gasteiger partial charge < -0.3 is 4.74 Å². The van der Waals surface area contributed by atoms with Crippen molar-refractivity contribution < 1.29 is 23.1 Å². The van der Waals surface area contributed by atoms with Gasteiger partial charge in [-0.1, -0.05) is 0 Å². The second-order valence-corrected chi connectivity index (χ2v) is 4.05. The van der Waals surface area contributed by atoms with Gasteiger partial charge in [0.1, 0.15) is 5.75 Å². The second-order valence-electron chi connectivity index (χ2n) is 4.05. The Morgan fingerprint density at radius 2 is 1.64 bits per heavy atom. The maximum Gasteiger partial charge on any atom is 0.387 e. The average Bonchev–Trinajstić information content (AvgIpc) is 2.53. The van der Waals surface area contributed by atoms with E-state index in [-0.39, 0.29) is 16.9 Å². The van der Waals surface area contributed by atoms with Gasteiger partial charge in [-0.05, 0) is 36.4 Å². The van der Waals surface area contributed by atoms with E-state index in [1.165, 1.54) is 42.7 Å². The maximum atomic E-state index is 12.0. The van der Waals surface area contributed by atoms with Crippen LogP contribution in [-0.4, -0.2) is 23.4 Å². The normalized spacial score (nSPS) is 10.1. The Labute approximate surface area is 124 Å². The molecule has 0 aliphatic carbocycles. The van der Waals surface area contributed by atoms with E-state index in [1.54, 1.807) is 6.07 Å². The zero-order valence-corrected chi connectivity index (χ0v) is 11.1. The van der Waals surface area contributed by atoms with Crippen molar-refractivity contribution in [2.45, 2.75) is 6.61 Å². The van der Waals surface area contributed by atoms with Gasteiger partial charge in [-0.3, -0.25) is 25.4 Å². The van der Waals surface area contributed by atoms with Crippen LogP contribution in [0.2, 0.25) is 0 Å². The molecule has 0 saturated heterocycles. The molecule has 6 nitrogen and oxygen atoms in total. The number of nitrogens with zero attached hydrogens (tertiary/aromatic N) is 1. The third-order valence-corrected chi connectivity index (χ3v) is 2.55. The predicted octanol–water partition coefficient (Wildman–Crippen LogP) is 1.76. The Morgan fingerprint density at radius 3 is 2.18 bits per heavy atom. The number of aromatic nitrogens is 1. The van der Waals surface area contributed by atoms with E-state index in [2.05, 4.69) is 20.6 Å². The molecule has 1 heterocycles. The number of carbonyl (C=O) groups is 2. The van der Waals surface area contributed by atoms with Crippen LogP contribution in [-0.2, 0) is 0 Å². The molecular formula is C14H11F2N3O3. The van der Waals surface area contributed by atoms with Crippen molar-refractivity contribution in [3.8, 4) is 5.75 Å². The summed E-state index contributed by atoms with van der Waals surface area (Å²) in [5, 5.41) is 0. The van der Waals surface area contributed by atoms with Crippen molar-refractivity contribution in [3.05, 3.63) is 59.9 Å². The molecule has 0 fully saturated rings. The Kier molecular flexibility index (Phi) is 4.97. The van der Waals surface area contributed by atoms with Gasteiger partial charge in [0.25, 0.3) is 11.8 Å². The number of hydrazine groups is 1. The zero-order valence-electron chi connectivity index (χ0n) is 11.1. The molecule has 1 aromatic heterocycles. The first-order chi connectivity index (χ1) is 10.6. The number of amides is 2. The number of rotatable bonds is 4. The molecule has 2 aromatic rings. The summed E-state index contributed by atoms with van der Waals surface area (Å²) in [5.41, 5.74) is 4.87. The first-order valence-corrected chi connectivity index (χ1v) is 6.12. The molecular weight excluding hydrogens is 296 g/mol.